The van der Waals surface area contributed by atoms with Crippen molar-refractivity contribution in [2.24, 2.45) is 11.1 Å². The third-order valence-electron chi connectivity index (χ3n) is 5.10. The molecule has 140 valence electrons. The van der Waals surface area contributed by atoms with Crippen molar-refractivity contribution in [2.75, 3.05) is 31.2 Å². The second kappa shape index (κ2) is 6.42. The predicted octanol–water partition coefficient (Wildman–Crippen LogP) is 2.95. The summed E-state index contributed by atoms with van der Waals surface area (Å²) < 4.78 is 34.8. The molecule has 0 unspecified atom stereocenters. The second-order valence-corrected chi connectivity index (χ2v) is 7.31. The second-order valence-electron chi connectivity index (χ2n) is 7.31. The molecular formula is C20H20F2N4O. The zero-order valence-electron chi connectivity index (χ0n) is 14.9. The largest absolute Gasteiger partial charge is 0.402 e. The highest BCUT2D eigenvalue weighted by atomic mass is 19.1. The lowest BCUT2D eigenvalue weighted by atomic mass is 9.77. The van der Waals surface area contributed by atoms with Crippen LogP contribution in [-0.2, 0) is 4.74 Å². The van der Waals surface area contributed by atoms with Gasteiger partial charge in [0.2, 0.25) is 0 Å². The van der Waals surface area contributed by atoms with Gasteiger partial charge < -0.3 is 15.4 Å². The van der Waals surface area contributed by atoms with E-state index in [1.807, 2.05) is 0 Å². The Morgan fingerprint density at radius 1 is 1.15 bits per heavy atom. The van der Waals surface area contributed by atoms with Crippen LogP contribution < -0.4 is 10.6 Å². The summed E-state index contributed by atoms with van der Waals surface area (Å²) in [6.07, 6.45) is 3.11. The molecule has 0 aliphatic carbocycles. The summed E-state index contributed by atoms with van der Waals surface area (Å²) in [6.45, 7) is 4.09. The zero-order valence-corrected chi connectivity index (χ0v) is 14.9. The number of pyridine rings is 1. The van der Waals surface area contributed by atoms with E-state index in [0.717, 1.165) is 0 Å². The fourth-order valence-electron chi connectivity index (χ4n) is 3.74. The molecular weight excluding hydrogens is 350 g/mol. The fourth-order valence-corrected chi connectivity index (χ4v) is 3.74. The average molecular weight is 370 g/mol. The molecule has 5 nitrogen and oxygen atoms in total. The van der Waals surface area contributed by atoms with E-state index in [1.165, 1.54) is 12.1 Å². The Balaban J connectivity index is 1.67. The van der Waals surface area contributed by atoms with Gasteiger partial charge in [0.15, 0.2) is 0 Å². The number of anilines is 1. The van der Waals surface area contributed by atoms with Crippen molar-refractivity contribution in [1.29, 1.82) is 5.41 Å². The lowest BCUT2D eigenvalue weighted by molar-refractivity contribution is -0.127. The topological polar surface area (TPSA) is 75.2 Å². The number of allylic oxidation sites excluding steroid dienone is 2. The van der Waals surface area contributed by atoms with Crippen LogP contribution in [0, 0.1) is 22.5 Å². The summed E-state index contributed by atoms with van der Waals surface area (Å²) in [4.78, 5) is 5.62. The number of ether oxygens (including phenoxy) is 1. The Kier molecular flexibility index (Phi) is 4.19. The molecule has 2 aliphatic heterocycles. The number of halogens is 2. The van der Waals surface area contributed by atoms with E-state index in [2.05, 4.69) is 4.98 Å². The van der Waals surface area contributed by atoms with Crippen LogP contribution in [0.5, 0.6) is 0 Å². The first-order valence-corrected chi connectivity index (χ1v) is 8.68. The fraction of sp³-hybridized carbons (Fsp3) is 0.300. The molecule has 0 bridgehead atoms. The van der Waals surface area contributed by atoms with Crippen LogP contribution in [0.2, 0.25) is 0 Å². The van der Waals surface area contributed by atoms with Crippen LogP contribution in [0.15, 0.2) is 42.4 Å². The van der Waals surface area contributed by atoms with E-state index in [-0.39, 0.29) is 22.4 Å². The molecule has 2 saturated heterocycles. The molecule has 1 aromatic heterocycles. The molecule has 0 atom stereocenters. The van der Waals surface area contributed by atoms with Crippen molar-refractivity contribution in [2.45, 2.75) is 6.92 Å². The summed E-state index contributed by atoms with van der Waals surface area (Å²) >= 11 is 0. The van der Waals surface area contributed by atoms with Gasteiger partial charge in [0.05, 0.1) is 24.3 Å². The summed E-state index contributed by atoms with van der Waals surface area (Å²) in [5, 5.41) is 8.43. The quantitative estimate of drug-likeness (QED) is 0.812. The maximum atomic E-state index is 14.8. The Bertz CT molecular complexity index is 903. The van der Waals surface area contributed by atoms with Gasteiger partial charge in [-0.2, -0.15) is 0 Å². The van der Waals surface area contributed by atoms with E-state index in [4.69, 9.17) is 15.9 Å². The van der Waals surface area contributed by atoms with E-state index in [1.54, 1.807) is 36.4 Å². The van der Waals surface area contributed by atoms with Gasteiger partial charge >= 0.3 is 0 Å². The average Bonchev–Trinajstić information content (AvgIpc) is 2.55. The summed E-state index contributed by atoms with van der Waals surface area (Å²) in [5.74, 6) is -1.30. The monoisotopic (exact) mass is 370 g/mol. The van der Waals surface area contributed by atoms with Gasteiger partial charge in [-0.15, -0.1) is 0 Å². The smallest absolute Gasteiger partial charge is 0.150 e. The molecule has 3 heterocycles. The molecule has 0 saturated carbocycles. The first-order chi connectivity index (χ1) is 12.9. The number of rotatable bonds is 4. The van der Waals surface area contributed by atoms with Crippen molar-refractivity contribution in [3.05, 3.63) is 65.1 Å². The Morgan fingerprint density at radius 3 is 2.22 bits per heavy atom. The van der Waals surface area contributed by atoms with Gasteiger partial charge in [-0.25, -0.2) is 8.78 Å². The lowest BCUT2D eigenvalue weighted by Crippen LogP contribution is -2.66. The Labute approximate surface area is 156 Å². The number of nitrogens with two attached hydrogens (primary N) is 1. The van der Waals surface area contributed by atoms with Crippen molar-refractivity contribution in [3.63, 3.8) is 0 Å². The molecule has 27 heavy (non-hydrogen) atoms. The third kappa shape index (κ3) is 2.98. The van der Waals surface area contributed by atoms with Gasteiger partial charge in [0.1, 0.15) is 17.3 Å². The van der Waals surface area contributed by atoms with E-state index in [9.17, 15) is 8.78 Å². The van der Waals surface area contributed by atoms with Crippen LogP contribution in [0.1, 0.15) is 18.1 Å². The number of hydrogen-bond acceptors (Lipinski definition) is 5. The number of aromatic nitrogens is 1. The maximum Gasteiger partial charge on any atom is 0.150 e. The van der Waals surface area contributed by atoms with Gasteiger partial charge in [-0.05, 0) is 36.8 Å². The molecule has 0 radical (unpaired) electrons. The summed E-state index contributed by atoms with van der Waals surface area (Å²) in [5.41, 5.74) is 7.52. The minimum Gasteiger partial charge on any atom is -0.402 e. The number of hydrogen-bond donors (Lipinski definition) is 2. The summed E-state index contributed by atoms with van der Waals surface area (Å²) in [6, 6.07) is 5.82. The van der Waals surface area contributed by atoms with Crippen molar-refractivity contribution >= 4 is 17.0 Å². The van der Waals surface area contributed by atoms with Gasteiger partial charge in [0.25, 0.3) is 0 Å². The van der Waals surface area contributed by atoms with Gasteiger partial charge in [0, 0.05) is 42.3 Å². The van der Waals surface area contributed by atoms with Crippen LogP contribution in [0.4, 0.5) is 14.5 Å². The minimum atomic E-state index is -0.652. The van der Waals surface area contributed by atoms with Crippen molar-refractivity contribution < 1.29 is 13.5 Å². The molecule has 2 fully saturated rings. The standard InChI is InChI=1S/C20H20F2N4O/c1-12(23)17(18(24)13-2-4-25-5-3-13)14-6-15(21)19(16(22)7-14)26-8-20(9-26)10-27-11-20/h2-7,24H,8-11,23H2,1H3/b17-12-,24-18?. The molecule has 1 spiro atoms. The number of benzene rings is 1. The Hall–Kier alpha value is -2.80. The lowest BCUT2D eigenvalue weighted by Gasteiger charge is -2.56. The van der Waals surface area contributed by atoms with Gasteiger partial charge in [-0.3, -0.25) is 10.4 Å². The summed E-state index contributed by atoms with van der Waals surface area (Å²) in [7, 11) is 0. The van der Waals surface area contributed by atoms with Crippen LogP contribution >= 0.6 is 0 Å². The highest BCUT2D eigenvalue weighted by Crippen LogP contribution is 2.42. The zero-order chi connectivity index (χ0) is 19.2. The first-order valence-electron chi connectivity index (χ1n) is 8.68. The van der Waals surface area contributed by atoms with Crippen LogP contribution in [-0.4, -0.2) is 37.0 Å². The molecule has 3 N–H and O–H groups in total. The van der Waals surface area contributed by atoms with E-state index >= 15 is 0 Å². The highest BCUT2D eigenvalue weighted by molar-refractivity contribution is 6.30. The SMILES string of the molecule is C/C(N)=C(/C(=N)c1ccncc1)c1cc(F)c(N2CC3(COC3)C2)c(F)c1. The molecule has 4 rings (SSSR count). The Morgan fingerprint density at radius 2 is 1.74 bits per heavy atom. The highest BCUT2D eigenvalue weighted by Gasteiger charge is 2.50. The van der Waals surface area contributed by atoms with Gasteiger partial charge in [-0.1, -0.05) is 0 Å². The minimum absolute atomic E-state index is 0.0271. The number of nitrogens with zero attached hydrogens (tertiary/aromatic N) is 2. The molecule has 7 heteroatoms. The normalized spacial score (nSPS) is 18.6. The van der Waals surface area contributed by atoms with E-state index < -0.39 is 11.6 Å². The maximum absolute atomic E-state index is 14.8. The third-order valence-corrected chi connectivity index (χ3v) is 5.10. The van der Waals surface area contributed by atoms with Crippen LogP contribution in [0.25, 0.3) is 5.57 Å². The predicted molar refractivity (Wildman–Crippen MR) is 99.7 cm³/mol. The molecule has 1 aromatic carbocycles. The molecule has 2 aromatic rings. The van der Waals surface area contributed by atoms with Crippen LogP contribution in [0.3, 0.4) is 0 Å². The molecule has 2 aliphatic rings. The van der Waals surface area contributed by atoms with Crippen molar-refractivity contribution in [1.82, 2.24) is 4.98 Å². The first kappa shape index (κ1) is 17.6. The van der Waals surface area contributed by atoms with E-state index in [0.29, 0.717) is 43.1 Å². The number of nitrogens with one attached hydrogen (secondary N) is 1. The molecule has 0 amide bonds. The van der Waals surface area contributed by atoms with Crippen molar-refractivity contribution in [3.8, 4) is 0 Å².